The minimum Gasteiger partial charge on any atom is -0.490 e. The van der Waals surface area contributed by atoms with Gasteiger partial charge in [0.25, 0.3) is 0 Å². The van der Waals surface area contributed by atoms with Crippen LogP contribution in [0.15, 0.2) is 18.3 Å². The summed E-state index contributed by atoms with van der Waals surface area (Å²) in [5, 5.41) is 3.09. The van der Waals surface area contributed by atoms with Gasteiger partial charge in [0, 0.05) is 0 Å². The van der Waals surface area contributed by atoms with Gasteiger partial charge in [0.1, 0.15) is 23.1 Å². The summed E-state index contributed by atoms with van der Waals surface area (Å²) in [4.78, 5) is 15.4. The summed E-state index contributed by atoms with van der Waals surface area (Å²) in [6, 6.07) is 3.18. The second kappa shape index (κ2) is 6.61. The van der Waals surface area contributed by atoms with Crippen molar-refractivity contribution in [3.05, 3.63) is 23.5 Å². The van der Waals surface area contributed by atoms with E-state index in [2.05, 4.69) is 10.3 Å². The Balaban J connectivity index is 2.33. The van der Waals surface area contributed by atoms with E-state index in [9.17, 15) is 4.79 Å². The Kier molecular flexibility index (Phi) is 5.42. The first-order valence-corrected chi connectivity index (χ1v) is 6.38. The highest BCUT2D eigenvalue weighted by atomic mass is 35.5. The van der Waals surface area contributed by atoms with Crippen molar-refractivity contribution in [2.75, 3.05) is 6.61 Å². The quantitative estimate of drug-likeness (QED) is 0.864. The van der Waals surface area contributed by atoms with Gasteiger partial charge in [-0.15, -0.1) is 0 Å². The fourth-order valence-electron chi connectivity index (χ4n) is 1.22. The molecule has 1 N–H and O–H groups in total. The molecule has 1 amide bonds. The molecule has 0 spiro atoms. The molecule has 5 nitrogen and oxygen atoms in total. The number of carbonyl (C=O) groups excluding carboxylic acids is 1. The van der Waals surface area contributed by atoms with Crippen molar-refractivity contribution in [1.82, 2.24) is 10.3 Å². The van der Waals surface area contributed by atoms with E-state index in [0.29, 0.717) is 17.5 Å². The van der Waals surface area contributed by atoms with Crippen molar-refractivity contribution >= 4 is 17.7 Å². The third-order valence-electron chi connectivity index (χ3n) is 1.96. The lowest BCUT2D eigenvalue weighted by atomic mass is 10.2. The summed E-state index contributed by atoms with van der Waals surface area (Å²) < 4.78 is 10.6. The molecule has 0 aliphatic carbocycles. The van der Waals surface area contributed by atoms with Gasteiger partial charge in [0.2, 0.25) is 0 Å². The van der Waals surface area contributed by atoms with Crippen LogP contribution in [0.25, 0.3) is 0 Å². The molecule has 1 aromatic rings. The van der Waals surface area contributed by atoms with E-state index in [1.165, 1.54) is 6.20 Å². The van der Waals surface area contributed by atoms with Crippen molar-refractivity contribution in [3.8, 4) is 5.75 Å². The zero-order chi connectivity index (χ0) is 14.5. The van der Waals surface area contributed by atoms with Crippen LogP contribution in [0.5, 0.6) is 5.75 Å². The van der Waals surface area contributed by atoms with Crippen LogP contribution in [0.3, 0.4) is 0 Å². The molecule has 1 atom stereocenters. The molecule has 0 aliphatic rings. The van der Waals surface area contributed by atoms with Gasteiger partial charge in [-0.05, 0) is 39.8 Å². The fraction of sp³-hybridized carbons (Fsp3) is 0.538. The maximum atomic E-state index is 11.5. The zero-order valence-electron chi connectivity index (χ0n) is 11.6. The normalized spacial score (nSPS) is 12.7. The molecule has 0 bridgehead atoms. The largest absolute Gasteiger partial charge is 0.490 e. The molecule has 6 heteroatoms. The highest BCUT2D eigenvalue weighted by molar-refractivity contribution is 6.29. The molecule has 0 aliphatic heterocycles. The van der Waals surface area contributed by atoms with Gasteiger partial charge >= 0.3 is 6.09 Å². The van der Waals surface area contributed by atoms with Crippen molar-refractivity contribution in [2.45, 2.75) is 39.3 Å². The van der Waals surface area contributed by atoms with E-state index in [0.717, 1.165) is 0 Å². The van der Waals surface area contributed by atoms with Gasteiger partial charge < -0.3 is 14.8 Å². The molecule has 0 radical (unpaired) electrons. The zero-order valence-corrected chi connectivity index (χ0v) is 12.3. The van der Waals surface area contributed by atoms with E-state index >= 15 is 0 Å². The number of hydrogen-bond donors (Lipinski definition) is 1. The number of amides is 1. The molecule has 0 aromatic carbocycles. The molecule has 0 saturated carbocycles. The Morgan fingerprint density at radius 2 is 2.16 bits per heavy atom. The number of carbonyl (C=O) groups is 1. The smallest absolute Gasteiger partial charge is 0.407 e. The Bertz CT molecular complexity index is 415. The third kappa shape index (κ3) is 6.86. The second-order valence-corrected chi connectivity index (χ2v) is 5.56. The van der Waals surface area contributed by atoms with Gasteiger partial charge in [-0.25, -0.2) is 9.78 Å². The molecular formula is C13H19ClN2O3. The molecule has 19 heavy (non-hydrogen) atoms. The third-order valence-corrected chi connectivity index (χ3v) is 2.19. The maximum absolute atomic E-state index is 11.5. The summed E-state index contributed by atoms with van der Waals surface area (Å²) >= 11 is 5.66. The number of aromatic nitrogens is 1. The van der Waals surface area contributed by atoms with Crippen molar-refractivity contribution in [3.63, 3.8) is 0 Å². The first-order chi connectivity index (χ1) is 8.76. The highest BCUT2D eigenvalue weighted by Gasteiger charge is 2.17. The summed E-state index contributed by atoms with van der Waals surface area (Å²) in [6.45, 7) is 7.59. The summed E-state index contributed by atoms with van der Waals surface area (Å²) in [7, 11) is 0. The number of ether oxygens (including phenoxy) is 2. The molecule has 0 saturated heterocycles. The van der Waals surface area contributed by atoms with E-state index in [1.807, 2.05) is 27.7 Å². The van der Waals surface area contributed by atoms with Crippen molar-refractivity contribution in [2.24, 2.45) is 0 Å². The topological polar surface area (TPSA) is 60.5 Å². The van der Waals surface area contributed by atoms with E-state index in [-0.39, 0.29) is 6.04 Å². The van der Waals surface area contributed by atoms with E-state index in [1.54, 1.807) is 12.1 Å². The SMILES string of the molecule is C[C@H](COc1ccc(Cl)nc1)NC(=O)OC(C)(C)C. The van der Waals surface area contributed by atoms with E-state index in [4.69, 9.17) is 21.1 Å². The molecular weight excluding hydrogens is 268 g/mol. The number of pyridine rings is 1. The van der Waals surface area contributed by atoms with Crippen LogP contribution in [-0.4, -0.2) is 29.3 Å². The number of alkyl carbamates (subject to hydrolysis) is 1. The van der Waals surface area contributed by atoms with Crippen LogP contribution in [0, 0.1) is 0 Å². The minimum atomic E-state index is -0.509. The average molecular weight is 287 g/mol. The lowest BCUT2D eigenvalue weighted by molar-refractivity contribution is 0.0494. The van der Waals surface area contributed by atoms with Gasteiger partial charge in [0.05, 0.1) is 12.2 Å². The number of hydrogen-bond acceptors (Lipinski definition) is 4. The molecule has 1 heterocycles. The molecule has 106 valence electrons. The van der Waals surface area contributed by atoms with Crippen LogP contribution < -0.4 is 10.1 Å². The monoisotopic (exact) mass is 286 g/mol. The van der Waals surface area contributed by atoms with Gasteiger partial charge in [-0.1, -0.05) is 11.6 Å². The summed E-state index contributed by atoms with van der Waals surface area (Å²) in [5.41, 5.74) is -0.509. The minimum absolute atomic E-state index is 0.175. The van der Waals surface area contributed by atoms with Crippen LogP contribution in [0.4, 0.5) is 4.79 Å². The van der Waals surface area contributed by atoms with Crippen molar-refractivity contribution < 1.29 is 14.3 Å². The molecule has 1 rings (SSSR count). The first kappa shape index (κ1) is 15.6. The standard InChI is InChI=1S/C13H19ClN2O3/c1-9(16-12(17)19-13(2,3)4)8-18-10-5-6-11(14)15-7-10/h5-7,9H,8H2,1-4H3,(H,16,17)/t9-/m1/s1. The first-order valence-electron chi connectivity index (χ1n) is 6.00. The van der Waals surface area contributed by atoms with Crippen LogP contribution >= 0.6 is 11.6 Å². The van der Waals surface area contributed by atoms with E-state index < -0.39 is 11.7 Å². The second-order valence-electron chi connectivity index (χ2n) is 5.17. The van der Waals surface area contributed by atoms with Gasteiger partial charge in [-0.2, -0.15) is 0 Å². The Labute approximate surface area is 118 Å². The van der Waals surface area contributed by atoms with Crippen LogP contribution in [0.1, 0.15) is 27.7 Å². The number of nitrogens with one attached hydrogen (secondary N) is 1. The summed E-state index contributed by atoms with van der Waals surface area (Å²) in [5.74, 6) is 0.599. The number of rotatable bonds is 4. The van der Waals surface area contributed by atoms with Gasteiger partial charge in [-0.3, -0.25) is 0 Å². The van der Waals surface area contributed by atoms with Gasteiger partial charge in [0.15, 0.2) is 0 Å². The molecule has 1 aromatic heterocycles. The Morgan fingerprint density at radius 3 is 2.68 bits per heavy atom. The van der Waals surface area contributed by atoms with Crippen molar-refractivity contribution in [1.29, 1.82) is 0 Å². The molecule has 0 fully saturated rings. The van der Waals surface area contributed by atoms with Crippen LogP contribution in [0.2, 0.25) is 5.15 Å². The number of nitrogens with zero attached hydrogens (tertiary/aromatic N) is 1. The predicted octanol–water partition coefficient (Wildman–Crippen LogP) is 3.03. The maximum Gasteiger partial charge on any atom is 0.407 e. The number of halogens is 1. The Morgan fingerprint density at radius 1 is 1.47 bits per heavy atom. The molecule has 0 unspecified atom stereocenters. The lowest BCUT2D eigenvalue weighted by Gasteiger charge is -2.22. The average Bonchev–Trinajstić information content (AvgIpc) is 2.25. The van der Waals surface area contributed by atoms with Crippen LogP contribution in [-0.2, 0) is 4.74 Å². The Hall–Kier alpha value is -1.49. The predicted molar refractivity (Wildman–Crippen MR) is 73.6 cm³/mol. The summed E-state index contributed by atoms with van der Waals surface area (Å²) in [6.07, 6.45) is 1.07. The highest BCUT2D eigenvalue weighted by Crippen LogP contribution is 2.12. The lowest BCUT2D eigenvalue weighted by Crippen LogP contribution is -2.40. The fourth-order valence-corrected chi connectivity index (χ4v) is 1.33.